The number of hydrogen-bond acceptors (Lipinski definition) is 3. The molecule has 0 amide bonds. The Morgan fingerprint density at radius 2 is 1.81 bits per heavy atom. The number of ether oxygens (including phenoxy) is 1. The zero-order valence-corrected chi connectivity index (χ0v) is 12.0. The number of nitrogens with two attached hydrogens (primary N) is 1. The first-order chi connectivity index (χ1) is 10.3. The molecular weight excluding hydrogens is 264 g/mol. The lowest BCUT2D eigenvalue weighted by atomic mass is 10.0. The van der Waals surface area contributed by atoms with E-state index < -0.39 is 0 Å². The highest BCUT2D eigenvalue weighted by molar-refractivity contribution is 5.97. The van der Waals surface area contributed by atoms with Gasteiger partial charge in [0.25, 0.3) is 0 Å². The third-order valence-corrected chi connectivity index (χ3v) is 2.97. The monoisotopic (exact) mass is 284 g/mol. The van der Waals surface area contributed by atoms with E-state index in [1.165, 1.54) is 0 Å². The topological polar surface area (TPSA) is 71.7 Å². The van der Waals surface area contributed by atoms with E-state index in [0.717, 1.165) is 16.8 Å². The molecule has 0 unspecified atom stereocenters. The number of anilines is 1. The van der Waals surface area contributed by atoms with Crippen LogP contribution in [0.4, 0.5) is 5.69 Å². The minimum atomic E-state index is 0.510. The molecule has 0 saturated heterocycles. The van der Waals surface area contributed by atoms with Crippen LogP contribution >= 0.6 is 0 Å². The van der Waals surface area contributed by atoms with Crippen LogP contribution in [0.25, 0.3) is 11.1 Å². The van der Waals surface area contributed by atoms with Gasteiger partial charge in [-0.2, -0.15) is 0 Å². The molecule has 0 radical (unpaired) electrons. The van der Waals surface area contributed by atoms with Gasteiger partial charge in [0.1, 0.15) is 0 Å². The van der Waals surface area contributed by atoms with Crippen LogP contribution in [0, 0.1) is 0 Å². The van der Waals surface area contributed by atoms with E-state index in [0.29, 0.717) is 19.1 Å². The average Bonchev–Trinajstić information content (AvgIpc) is 2.55. The molecule has 21 heavy (non-hydrogen) atoms. The second-order valence-corrected chi connectivity index (χ2v) is 4.40. The fraction of sp³-hybridized carbons (Fsp3) is 0.188. The third kappa shape index (κ3) is 4.30. The largest absolute Gasteiger partial charge is 0.383 e. The number of hydrogen-bond donors (Lipinski definition) is 3. The third-order valence-electron chi connectivity index (χ3n) is 2.97. The van der Waals surface area contributed by atoms with Crippen molar-refractivity contribution >= 4 is 11.6 Å². The maximum Gasteiger partial charge on any atom is 0.210 e. The summed E-state index contributed by atoms with van der Waals surface area (Å²) in [6, 6.07) is 18.2. The normalized spacial score (nSPS) is 11.2. The van der Waals surface area contributed by atoms with E-state index in [2.05, 4.69) is 33.9 Å². The predicted molar refractivity (Wildman–Crippen MR) is 87.0 cm³/mol. The molecule has 0 saturated carbocycles. The molecule has 4 N–H and O–H groups in total. The van der Waals surface area contributed by atoms with E-state index in [1.54, 1.807) is 7.11 Å². The summed E-state index contributed by atoms with van der Waals surface area (Å²) in [5.41, 5.74) is 5.74. The van der Waals surface area contributed by atoms with Gasteiger partial charge in [0.15, 0.2) is 0 Å². The molecule has 0 aliphatic rings. The first-order valence-electron chi connectivity index (χ1n) is 6.76. The van der Waals surface area contributed by atoms with Gasteiger partial charge in [0.05, 0.1) is 13.2 Å². The molecule has 0 fully saturated rings. The van der Waals surface area contributed by atoms with E-state index in [4.69, 9.17) is 10.6 Å². The second-order valence-electron chi connectivity index (χ2n) is 4.40. The van der Waals surface area contributed by atoms with Crippen molar-refractivity contribution in [2.75, 3.05) is 25.6 Å². The molecule has 0 heterocycles. The van der Waals surface area contributed by atoms with Crippen molar-refractivity contribution in [3.05, 3.63) is 54.6 Å². The molecule has 5 nitrogen and oxygen atoms in total. The number of nitrogens with zero attached hydrogens (tertiary/aromatic N) is 1. The Bertz CT molecular complexity index is 584. The van der Waals surface area contributed by atoms with E-state index in [-0.39, 0.29) is 0 Å². The van der Waals surface area contributed by atoms with Gasteiger partial charge >= 0.3 is 0 Å². The van der Waals surface area contributed by atoms with Gasteiger partial charge in [-0.3, -0.25) is 5.43 Å². The Balaban J connectivity index is 2.22. The number of rotatable bonds is 5. The fourth-order valence-electron chi connectivity index (χ4n) is 1.96. The van der Waals surface area contributed by atoms with Gasteiger partial charge in [-0.1, -0.05) is 48.5 Å². The molecular formula is C16H20N4O. The minimum absolute atomic E-state index is 0.510. The summed E-state index contributed by atoms with van der Waals surface area (Å²) in [7, 11) is 1.64. The fourth-order valence-corrected chi connectivity index (χ4v) is 1.96. The van der Waals surface area contributed by atoms with Crippen LogP contribution in [0.3, 0.4) is 0 Å². The Hall–Kier alpha value is -2.37. The Labute approximate surface area is 124 Å². The molecule has 2 aromatic carbocycles. The summed E-state index contributed by atoms with van der Waals surface area (Å²) in [6.45, 7) is 1.09. The highest BCUT2D eigenvalue weighted by Gasteiger charge is 2.05. The molecule has 5 heteroatoms. The van der Waals surface area contributed by atoms with E-state index in [9.17, 15) is 0 Å². The number of methoxy groups -OCH3 is 1. The molecule has 2 rings (SSSR count). The molecule has 2 aromatic rings. The summed E-state index contributed by atoms with van der Waals surface area (Å²) in [6.07, 6.45) is 0. The highest BCUT2D eigenvalue weighted by Crippen LogP contribution is 2.27. The quantitative estimate of drug-likeness (QED) is 0.259. The lowest BCUT2D eigenvalue weighted by Gasteiger charge is -2.13. The Morgan fingerprint density at radius 1 is 1.10 bits per heavy atom. The van der Waals surface area contributed by atoms with Crippen LogP contribution in [0.2, 0.25) is 0 Å². The van der Waals surface area contributed by atoms with Crippen molar-refractivity contribution in [2.24, 2.45) is 10.8 Å². The van der Waals surface area contributed by atoms with Gasteiger partial charge in [-0.15, -0.1) is 0 Å². The summed E-state index contributed by atoms with van der Waals surface area (Å²) in [4.78, 5) is 4.31. The molecule has 0 aliphatic heterocycles. The van der Waals surface area contributed by atoms with Crippen LogP contribution in [-0.4, -0.2) is 26.2 Å². The summed E-state index contributed by atoms with van der Waals surface area (Å²) < 4.78 is 4.98. The minimum Gasteiger partial charge on any atom is -0.383 e. The van der Waals surface area contributed by atoms with Crippen molar-refractivity contribution in [1.29, 1.82) is 0 Å². The van der Waals surface area contributed by atoms with Crippen molar-refractivity contribution in [1.82, 2.24) is 5.43 Å². The van der Waals surface area contributed by atoms with E-state index in [1.807, 2.05) is 36.4 Å². The van der Waals surface area contributed by atoms with Crippen molar-refractivity contribution < 1.29 is 4.74 Å². The maximum atomic E-state index is 5.51. The predicted octanol–water partition coefficient (Wildman–Crippen LogP) is 2.23. The highest BCUT2D eigenvalue weighted by atomic mass is 16.5. The zero-order chi connectivity index (χ0) is 14.9. The maximum absolute atomic E-state index is 5.51. The first kappa shape index (κ1) is 15.0. The van der Waals surface area contributed by atoms with Crippen molar-refractivity contribution in [3.63, 3.8) is 0 Å². The van der Waals surface area contributed by atoms with E-state index >= 15 is 0 Å². The average molecular weight is 284 g/mol. The van der Waals surface area contributed by atoms with Gasteiger partial charge in [-0.25, -0.2) is 10.8 Å². The van der Waals surface area contributed by atoms with Crippen LogP contribution in [0.5, 0.6) is 0 Å². The van der Waals surface area contributed by atoms with Crippen LogP contribution in [0.1, 0.15) is 0 Å². The lowest BCUT2D eigenvalue weighted by molar-refractivity contribution is 0.208. The number of hydrazine groups is 1. The standard InChI is InChI=1S/C16H20N4O/c1-21-12-11-18-16(20-17)19-15-10-6-5-9-14(15)13-7-3-2-4-8-13/h2-10H,11-12,17H2,1H3,(H2,18,19,20). The molecule has 0 aromatic heterocycles. The van der Waals surface area contributed by atoms with Gasteiger partial charge in [-0.05, 0) is 11.6 Å². The van der Waals surface area contributed by atoms with Crippen LogP contribution in [0.15, 0.2) is 59.6 Å². The Morgan fingerprint density at radius 3 is 2.52 bits per heavy atom. The molecule has 0 atom stereocenters. The zero-order valence-electron chi connectivity index (χ0n) is 12.0. The molecule has 0 bridgehead atoms. The van der Waals surface area contributed by atoms with Crippen LogP contribution in [-0.2, 0) is 4.74 Å². The van der Waals surface area contributed by atoms with Gasteiger partial charge < -0.3 is 10.1 Å². The van der Waals surface area contributed by atoms with Crippen molar-refractivity contribution in [2.45, 2.75) is 0 Å². The number of nitrogens with one attached hydrogen (secondary N) is 2. The summed E-state index contributed by atoms with van der Waals surface area (Å²) in [5, 5.41) is 3.21. The number of guanidine groups is 1. The lowest BCUT2D eigenvalue weighted by Crippen LogP contribution is -2.36. The molecule has 0 spiro atoms. The van der Waals surface area contributed by atoms with Gasteiger partial charge in [0, 0.05) is 18.4 Å². The Kier molecular flexibility index (Phi) is 5.75. The number of benzene rings is 2. The SMILES string of the molecule is COCCN=C(NN)Nc1ccccc1-c1ccccc1. The summed E-state index contributed by atoms with van der Waals surface area (Å²) >= 11 is 0. The number of aliphatic imine (C=N–C) groups is 1. The number of para-hydroxylation sites is 1. The first-order valence-corrected chi connectivity index (χ1v) is 6.76. The molecule has 110 valence electrons. The smallest absolute Gasteiger partial charge is 0.210 e. The van der Waals surface area contributed by atoms with Crippen molar-refractivity contribution in [3.8, 4) is 11.1 Å². The van der Waals surface area contributed by atoms with Crippen LogP contribution < -0.4 is 16.6 Å². The molecule has 0 aliphatic carbocycles. The van der Waals surface area contributed by atoms with Gasteiger partial charge in [0.2, 0.25) is 5.96 Å². The summed E-state index contributed by atoms with van der Waals surface area (Å²) in [5.74, 6) is 6.02. The second kappa shape index (κ2) is 8.04.